The van der Waals surface area contributed by atoms with Gasteiger partial charge in [0.1, 0.15) is 6.61 Å². The summed E-state index contributed by atoms with van der Waals surface area (Å²) in [6.45, 7) is 4.02. The number of nitrogens with two attached hydrogens (primary N) is 2. The van der Waals surface area contributed by atoms with Crippen molar-refractivity contribution < 1.29 is 19.4 Å². The summed E-state index contributed by atoms with van der Waals surface area (Å²) in [5, 5.41) is 14.8. The van der Waals surface area contributed by atoms with E-state index in [-0.39, 0.29) is 24.3 Å². The first-order chi connectivity index (χ1) is 17.3. The fraction of sp³-hybridized carbons (Fsp3) is 0.346. The van der Waals surface area contributed by atoms with Crippen LogP contribution in [0.4, 0.5) is 22.7 Å². The van der Waals surface area contributed by atoms with E-state index in [0.29, 0.717) is 43.2 Å². The van der Waals surface area contributed by atoms with Crippen molar-refractivity contribution in [3.63, 3.8) is 0 Å². The van der Waals surface area contributed by atoms with Gasteiger partial charge in [0.15, 0.2) is 0 Å². The molecule has 3 atom stereocenters. The lowest BCUT2D eigenvalue weighted by molar-refractivity contribution is -0.125. The highest BCUT2D eigenvalue weighted by molar-refractivity contribution is 6.11. The molecule has 2 aromatic carbocycles. The molecule has 0 radical (unpaired) electrons. The van der Waals surface area contributed by atoms with Crippen LogP contribution >= 0.6 is 0 Å². The zero-order valence-electron chi connectivity index (χ0n) is 20.1. The number of aliphatic hydroxyl groups excluding tert-OH is 1. The largest absolute Gasteiger partial charge is 0.398 e. The van der Waals surface area contributed by atoms with Gasteiger partial charge in [-0.15, -0.1) is 0 Å². The quantitative estimate of drug-likeness (QED) is 0.403. The Labute approximate surface area is 208 Å². The minimum absolute atomic E-state index is 0.0193. The molecule has 0 aliphatic carbocycles. The molecular weight excluding hydrogens is 460 g/mol. The highest BCUT2D eigenvalue weighted by Crippen LogP contribution is 2.31. The van der Waals surface area contributed by atoms with Gasteiger partial charge in [-0.2, -0.15) is 0 Å². The number of anilines is 4. The van der Waals surface area contributed by atoms with Crippen LogP contribution < -0.4 is 26.6 Å². The minimum atomic E-state index is -0.573. The molecule has 3 heterocycles. The van der Waals surface area contributed by atoms with Crippen molar-refractivity contribution in [1.82, 2.24) is 4.98 Å². The molecule has 10 nitrogen and oxygen atoms in total. The molecule has 6 N–H and O–H groups in total. The van der Waals surface area contributed by atoms with Crippen molar-refractivity contribution in [1.29, 1.82) is 0 Å². The highest BCUT2D eigenvalue weighted by atomic mass is 16.5. The number of aliphatic hydroxyl groups is 1. The Morgan fingerprint density at radius 1 is 1.19 bits per heavy atom. The number of carbonyl (C=O) groups excluding carboxylic acids is 2. The van der Waals surface area contributed by atoms with E-state index in [1.54, 1.807) is 29.4 Å². The summed E-state index contributed by atoms with van der Waals surface area (Å²) in [4.78, 5) is 33.5. The van der Waals surface area contributed by atoms with E-state index in [0.717, 1.165) is 22.1 Å². The van der Waals surface area contributed by atoms with Crippen LogP contribution in [0.1, 0.15) is 17.3 Å². The standard InChI is InChI=1S/C26H30N6O4/c1-15-12-31(13-21(28)25(15)34)23-4-5-29-11-22(23)30-26(35)19-9-17-8-18(3-2-16(17)10-20(19)27)32-6-7-36-14-24(32)33/h2-5,8-11,15,21,25,34H,6-7,12-14,27-28H2,1H3,(H,30,35)/t15-,21+,25+/m0/s1. The van der Waals surface area contributed by atoms with Crippen molar-refractivity contribution in [3.05, 3.63) is 54.4 Å². The number of nitrogen functional groups attached to an aromatic ring is 1. The van der Waals surface area contributed by atoms with Crippen molar-refractivity contribution in [3.8, 4) is 0 Å². The number of fused-ring (bicyclic) bond motifs is 1. The zero-order valence-corrected chi connectivity index (χ0v) is 20.1. The number of hydrogen-bond donors (Lipinski definition) is 4. The maximum atomic E-state index is 13.3. The van der Waals surface area contributed by atoms with E-state index in [2.05, 4.69) is 15.2 Å². The van der Waals surface area contributed by atoms with E-state index >= 15 is 0 Å². The normalized spacial score (nSPS) is 22.6. The number of ether oxygens (including phenoxy) is 1. The van der Waals surface area contributed by atoms with E-state index < -0.39 is 12.1 Å². The van der Waals surface area contributed by atoms with Gasteiger partial charge in [-0.3, -0.25) is 14.6 Å². The Balaban J connectivity index is 1.42. The first-order valence-corrected chi connectivity index (χ1v) is 12.0. The second-order valence-electron chi connectivity index (χ2n) is 9.45. The number of piperidine rings is 1. The number of carbonyl (C=O) groups is 2. The number of morpholine rings is 1. The van der Waals surface area contributed by atoms with E-state index in [9.17, 15) is 14.7 Å². The average Bonchev–Trinajstić information content (AvgIpc) is 2.87. The predicted molar refractivity (Wildman–Crippen MR) is 139 cm³/mol. The molecule has 5 rings (SSSR count). The summed E-state index contributed by atoms with van der Waals surface area (Å²) in [7, 11) is 0. The predicted octanol–water partition coefficient (Wildman–Crippen LogP) is 1.58. The van der Waals surface area contributed by atoms with Gasteiger partial charge in [0.05, 0.1) is 35.8 Å². The lowest BCUT2D eigenvalue weighted by Gasteiger charge is -2.40. The summed E-state index contributed by atoms with van der Waals surface area (Å²) in [5.74, 6) is -0.488. The van der Waals surface area contributed by atoms with Crippen LogP contribution in [-0.4, -0.2) is 66.9 Å². The van der Waals surface area contributed by atoms with Crippen molar-refractivity contribution in [2.24, 2.45) is 11.7 Å². The summed E-state index contributed by atoms with van der Waals surface area (Å²) in [6.07, 6.45) is 2.68. The molecule has 0 saturated carbocycles. The number of nitrogens with one attached hydrogen (secondary N) is 1. The van der Waals surface area contributed by atoms with E-state index in [1.165, 1.54) is 0 Å². The fourth-order valence-electron chi connectivity index (χ4n) is 4.92. The maximum Gasteiger partial charge on any atom is 0.257 e. The number of pyridine rings is 1. The van der Waals surface area contributed by atoms with Crippen LogP contribution in [-0.2, 0) is 9.53 Å². The number of hydrogen-bond acceptors (Lipinski definition) is 8. The van der Waals surface area contributed by atoms with Crippen LogP contribution in [0.3, 0.4) is 0 Å². The third kappa shape index (κ3) is 4.58. The molecule has 0 unspecified atom stereocenters. The molecule has 2 saturated heterocycles. The lowest BCUT2D eigenvalue weighted by Crippen LogP contribution is -2.55. The van der Waals surface area contributed by atoms with Crippen molar-refractivity contribution in [2.75, 3.05) is 53.7 Å². The first kappa shape index (κ1) is 24.0. The number of rotatable bonds is 4. The molecule has 2 amide bonds. The summed E-state index contributed by atoms with van der Waals surface area (Å²) in [6, 6.07) is 10.6. The Hall–Kier alpha value is -3.73. The molecule has 188 valence electrons. The lowest BCUT2D eigenvalue weighted by atomic mass is 9.92. The summed E-state index contributed by atoms with van der Waals surface area (Å²) < 4.78 is 5.23. The molecular formula is C26H30N6O4. The average molecular weight is 491 g/mol. The molecule has 0 bridgehead atoms. The van der Waals surface area contributed by atoms with Crippen LogP contribution in [0.15, 0.2) is 48.8 Å². The first-order valence-electron chi connectivity index (χ1n) is 12.0. The summed E-state index contributed by atoms with van der Waals surface area (Å²) in [5.41, 5.74) is 15.1. The van der Waals surface area contributed by atoms with Crippen LogP contribution in [0.2, 0.25) is 0 Å². The van der Waals surface area contributed by atoms with Crippen molar-refractivity contribution >= 4 is 45.3 Å². The van der Waals surface area contributed by atoms with Gasteiger partial charge in [0.25, 0.3) is 11.8 Å². The fourth-order valence-corrected chi connectivity index (χ4v) is 4.92. The van der Waals surface area contributed by atoms with Crippen molar-refractivity contribution in [2.45, 2.75) is 19.1 Å². The van der Waals surface area contributed by atoms with Gasteiger partial charge in [0, 0.05) is 49.2 Å². The molecule has 3 aromatic rings. The van der Waals surface area contributed by atoms with Crippen LogP contribution in [0.25, 0.3) is 10.8 Å². The smallest absolute Gasteiger partial charge is 0.257 e. The number of amides is 2. The van der Waals surface area contributed by atoms with Crippen LogP contribution in [0, 0.1) is 5.92 Å². The second kappa shape index (κ2) is 9.73. The van der Waals surface area contributed by atoms with Gasteiger partial charge in [0.2, 0.25) is 0 Å². The van der Waals surface area contributed by atoms with Gasteiger partial charge in [-0.25, -0.2) is 0 Å². The molecule has 10 heteroatoms. The van der Waals surface area contributed by atoms with Crippen LogP contribution in [0.5, 0.6) is 0 Å². The second-order valence-corrected chi connectivity index (χ2v) is 9.45. The Morgan fingerprint density at radius 3 is 2.81 bits per heavy atom. The van der Waals surface area contributed by atoms with Gasteiger partial charge < -0.3 is 36.4 Å². The summed E-state index contributed by atoms with van der Waals surface area (Å²) >= 11 is 0. The SMILES string of the molecule is C[C@H]1CN(c2ccncc2NC(=O)c2cc3cc(N4CCOCC4=O)ccc3cc2N)C[C@@H](N)[C@@H]1O. The molecule has 2 aliphatic heterocycles. The number of aromatic nitrogens is 1. The molecule has 0 spiro atoms. The third-order valence-electron chi connectivity index (χ3n) is 6.88. The Bertz CT molecular complexity index is 1300. The zero-order chi connectivity index (χ0) is 25.4. The number of benzene rings is 2. The number of nitrogens with zero attached hydrogens (tertiary/aromatic N) is 3. The van der Waals surface area contributed by atoms with Gasteiger partial charge in [-0.1, -0.05) is 13.0 Å². The topological polar surface area (TPSA) is 147 Å². The minimum Gasteiger partial charge on any atom is -0.398 e. The molecule has 2 fully saturated rings. The van der Waals surface area contributed by atoms with E-state index in [4.69, 9.17) is 16.2 Å². The third-order valence-corrected chi connectivity index (χ3v) is 6.88. The molecule has 36 heavy (non-hydrogen) atoms. The molecule has 2 aliphatic rings. The highest BCUT2D eigenvalue weighted by Gasteiger charge is 2.32. The van der Waals surface area contributed by atoms with Gasteiger partial charge >= 0.3 is 0 Å². The monoisotopic (exact) mass is 490 g/mol. The Kier molecular flexibility index (Phi) is 6.48. The van der Waals surface area contributed by atoms with E-state index in [1.807, 2.05) is 31.2 Å². The van der Waals surface area contributed by atoms with Gasteiger partial charge in [-0.05, 0) is 41.1 Å². The molecule has 1 aromatic heterocycles. The Morgan fingerprint density at radius 2 is 2.03 bits per heavy atom. The maximum absolute atomic E-state index is 13.3.